The molecule has 18 heavy (non-hydrogen) atoms. The Morgan fingerprint density at radius 1 is 0.944 bits per heavy atom. The molecule has 0 heterocycles. The number of aromatic hydroxyl groups is 2. The van der Waals surface area contributed by atoms with Crippen molar-refractivity contribution in [2.24, 2.45) is 0 Å². The maximum absolute atomic E-state index is 10.9. The molecule has 0 amide bonds. The average molecular weight is 256 g/mol. The average Bonchev–Trinajstić information content (AvgIpc) is 2.13. The Bertz CT molecular complexity index is 545. The van der Waals surface area contributed by atoms with Gasteiger partial charge in [-0.1, -0.05) is 0 Å². The van der Waals surface area contributed by atoms with Crippen LogP contribution >= 0.6 is 0 Å². The van der Waals surface area contributed by atoms with Gasteiger partial charge in [0, 0.05) is 0 Å². The van der Waals surface area contributed by atoms with Crippen LogP contribution in [-0.4, -0.2) is 43.4 Å². The summed E-state index contributed by atoms with van der Waals surface area (Å²) in [6.07, 6.45) is -0.775. The van der Waals surface area contributed by atoms with E-state index in [9.17, 15) is 24.6 Å². The van der Waals surface area contributed by atoms with E-state index >= 15 is 0 Å². The summed E-state index contributed by atoms with van der Waals surface area (Å²) in [5.74, 6) is -6.88. The number of carboxylic acids is 3. The maximum atomic E-state index is 10.9. The first kappa shape index (κ1) is 13.3. The predicted octanol–water partition coefficient (Wildman–Crippen LogP) is 0.121. The van der Waals surface area contributed by atoms with Crippen LogP contribution in [0.2, 0.25) is 0 Å². The summed E-state index contributed by atoms with van der Waals surface area (Å²) in [5.41, 5.74) is -2.23. The molecule has 0 saturated carbocycles. The van der Waals surface area contributed by atoms with E-state index in [2.05, 4.69) is 0 Å². The van der Waals surface area contributed by atoms with Gasteiger partial charge in [0.05, 0.1) is 6.42 Å². The number of benzene rings is 1. The Balaban J connectivity index is 3.60. The van der Waals surface area contributed by atoms with E-state index in [-0.39, 0.29) is 0 Å². The van der Waals surface area contributed by atoms with E-state index in [1.807, 2.05) is 0 Å². The zero-order valence-electron chi connectivity index (χ0n) is 8.75. The van der Waals surface area contributed by atoms with Crippen molar-refractivity contribution in [3.63, 3.8) is 0 Å². The smallest absolute Gasteiger partial charge is 0.343 e. The lowest BCUT2D eigenvalue weighted by atomic mass is 9.98. The van der Waals surface area contributed by atoms with Crippen LogP contribution in [-0.2, 0) is 11.2 Å². The van der Waals surface area contributed by atoms with E-state index in [1.165, 1.54) is 0 Å². The Morgan fingerprint density at radius 2 is 1.44 bits per heavy atom. The molecule has 8 nitrogen and oxygen atoms in total. The van der Waals surface area contributed by atoms with Crippen molar-refractivity contribution in [2.75, 3.05) is 0 Å². The summed E-state index contributed by atoms with van der Waals surface area (Å²) in [7, 11) is 0. The zero-order chi connectivity index (χ0) is 14.0. The molecule has 5 N–H and O–H groups in total. The van der Waals surface area contributed by atoms with Crippen molar-refractivity contribution < 1.29 is 39.9 Å². The van der Waals surface area contributed by atoms with Gasteiger partial charge >= 0.3 is 17.9 Å². The first-order valence-electron chi connectivity index (χ1n) is 4.51. The number of rotatable bonds is 4. The third kappa shape index (κ3) is 2.32. The first-order chi connectivity index (χ1) is 8.25. The number of aliphatic carboxylic acids is 1. The van der Waals surface area contributed by atoms with Gasteiger partial charge in [-0.3, -0.25) is 4.79 Å². The molecule has 0 radical (unpaired) electrons. The lowest BCUT2D eigenvalue weighted by molar-refractivity contribution is -0.136. The van der Waals surface area contributed by atoms with Gasteiger partial charge in [-0.15, -0.1) is 0 Å². The van der Waals surface area contributed by atoms with Crippen LogP contribution in [0.25, 0.3) is 0 Å². The van der Waals surface area contributed by atoms with Gasteiger partial charge in [-0.25, -0.2) is 9.59 Å². The van der Waals surface area contributed by atoms with Crippen molar-refractivity contribution in [1.82, 2.24) is 0 Å². The second kappa shape index (κ2) is 4.62. The number of hydrogen-bond acceptors (Lipinski definition) is 5. The highest BCUT2D eigenvalue weighted by Crippen LogP contribution is 2.34. The van der Waals surface area contributed by atoms with Crippen molar-refractivity contribution in [1.29, 1.82) is 0 Å². The highest BCUT2D eigenvalue weighted by Gasteiger charge is 2.26. The molecule has 1 aromatic carbocycles. The molecule has 0 aromatic heterocycles. The van der Waals surface area contributed by atoms with Gasteiger partial charge in [0.15, 0.2) is 0 Å². The number of carboxylic acid groups (broad SMARTS) is 3. The van der Waals surface area contributed by atoms with Crippen LogP contribution in [0, 0.1) is 0 Å². The molecule has 0 bridgehead atoms. The number of carbonyl (C=O) groups is 3. The lowest BCUT2D eigenvalue weighted by Gasteiger charge is -2.10. The molecule has 0 aliphatic rings. The van der Waals surface area contributed by atoms with Crippen molar-refractivity contribution >= 4 is 17.9 Å². The molecular weight excluding hydrogens is 248 g/mol. The van der Waals surface area contributed by atoms with Crippen LogP contribution in [0.4, 0.5) is 0 Å². The fourth-order valence-electron chi connectivity index (χ4n) is 1.46. The molecule has 0 fully saturated rings. The normalized spacial score (nSPS) is 10.0. The first-order valence-corrected chi connectivity index (χ1v) is 4.51. The maximum Gasteiger partial charge on any atom is 0.343 e. The van der Waals surface area contributed by atoms with Crippen molar-refractivity contribution in [3.8, 4) is 11.5 Å². The summed E-state index contributed by atoms with van der Waals surface area (Å²) in [5, 5.41) is 44.9. The minimum atomic E-state index is -1.73. The minimum absolute atomic E-state index is 0.394. The van der Waals surface area contributed by atoms with Crippen LogP contribution in [0.5, 0.6) is 11.5 Å². The number of aromatic carboxylic acids is 2. The van der Waals surface area contributed by atoms with Gasteiger partial charge in [-0.05, 0) is 11.6 Å². The fourth-order valence-corrected chi connectivity index (χ4v) is 1.46. The topological polar surface area (TPSA) is 152 Å². The molecule has 1 rings (SSSR count). The number of hydrogen-bond donors (Lipinski definition) is 5. The van der Waals surface area contributed by atoms with E-state index in [4.69, 9.17) is 15.3 Å². The highest BCUT2D eigenvalue weighted by molar-refractivity contribution is 6.02. The van der Waals surface area contributed by atoms with E-state index in [0.29, 0.717) is 6.07 Å². The molecule has 0 saturated heterocycles. The Hall–Kier alpha value is -2.77. The largest absolute Gasteiger partial charge is 0.507 e. The third-order valence-corrected chi connectivity index (χ3v) is 2.13. The molecule has 0 aliphatic heterocycles. The molecule has 0 aliphatic carbocycles. The Labute approximate surface area is 99.3 Å². The van der Waals surface area contributed by atoms with Crippen molar-refractivity contribution in [3.05, 3.63) is 22.8 Å². The third-order valence-electron chi connectivity index (χ3n) is 2.13. The molecule has 0 unspecified atom stereocenters. The molecule has 1 aromatic rings. The van der Waals surface area contributed by atoms with Gasteiger partial charge in [0.2, 0.25) is 0 Å². The molecule has 0 atom stereocenters. The Kier molecular flexibility index (Phi) is 3.41. The van der Waals surface area contributed by atoms with E-state index in [1.54, 1.807) is 0 Å². The molecular formula is C10H8O8. The van der Waals surface area contributed by atoms with Crippen LogP contribution in [0.15, 0.2) is 6.07 Å². The van der Waals surface area contributed by atoms with Gasteiger partial charge < -0.3 is 25.5 Å². The van der Waals surface area contributed by atoms with Crippen LogP contribution in [0.1, 0.15) is 26.3 Å². The molecule has 8 heteroatoms. The zero-order valence-corrected chi connectivity index (χ0v) is 8.75. The van der Waals surface area contributed by atoms with Crippen LogP contribution < -0.4 is 0 Å². The summed E-state index contributed by atoms with van der Waals surface area (Å²) in [4.78, 5) is 32.1. The predicted molar refractivity (Wildman–Crippen MR) is 55.0 cm³/mol. The summed E-state index contributed by atoms with van der Waals surface area (Å²) in [6, 6.07) is 0.695. The minimum Gasteiger partial charge on any atom is -0.507 e. The second-order valence-corrected chi connectivity index (χ2v) is 3.33. The van der Waals surface area contributed by atoms with Crippen LogP contribution in [0.3, 0.4) is 0 Å². The van der Waals surface area contributed by atoms with E-state index < -0.39 is 52.5 Å². The van der Waals surface area contributed by atoms with Crippen molar-refractivity contribution in [2.45, 2.75) is 6.42 Å². The highest BCUT2D eigenvalue weighted by atomic mass is 16.4. The fraction of sp³-hybridized carbons (Fsp3) is 0.100. The molecule has 0 spiro atoms. The monoisotopic (exact) mass is 256 g/mol. The van der Waals surface area contributed by atoms with Gasteiger partial charge in [-0.2, -0.15) is 0 Å². The molecule has 96 valence electrons. The summed E-state index contributed by atoms with van der Waals surface area (Å²) >= 11 is 0. The standard InChI is InChI=1S/C10H8O8/c11-4-1-3(2-5(12)13)6(9(15)16)8(14)7(4)10(17)18/h1,11,14H,2H2,(H,12,13)(H,15,16)(H,17,18). The van der Waals surface area contributed by atoms with E-state index in [0.717, 1.165) is 0 Å². The van der Waals surface area contributed by atoms with Gasteiger partial charge in [0.1, 0.15) is 22.6 Å². The number of phenols is 2. The summed E-state index contributed by atoms with van der Waals surface area (Å²) in [6.45, 7) is 0. The Morgan fingerprint density at radius 3 is 1.83 bits per heavy atom. The SMILES string of the molecule is O=C(O)Cc1cc(O)c(C(=O)O)c(O)c1C(=O)O. The second-order valence-electron chi connectivity index (χ2n) is 3.33. The summed E-state index contributed by atoms with van der Waals surface area (Å²) < 4.78 is 0. The quantitative estimate of drug-likeness (QED) is 0.509. The van der Waals surface area contributed by atoms with Gasteiger partial charge in [0.25, 0.3) is 0 Å². The lowest BCUT2D eigenvalue weighted by Crippen LogP contribution is -2.11.